The average Bonchev–Trinajstić information content (AvgIpc) is 3.38. The van der Waals surface area contributed by atoms with E-state index in [1.54, 1.807) is 10.7 Å². The summed E-state index contributed by atoms with van der Waals surface area (Å²) in [5, 5.41) is 12.6. The predicted octanol–water partition coefficient (Wildman–Crippen LogP) is 5.31. The molecule has 0 aliphatic carbocycles. The van der Waals surface area contributed by atoms with E-state index in [9.17, 15) is 14.0 Å². The van der Waals surface area contributed by atoms with Crippen molar-refractivity contribution in [2.75, 3.05) is 31.3 Å². The maximum absolute atomic E-state index is 14.9. The Hall–Kier alpha value is -4.77. The summed E-state index contributed by atoms with van der Waals surface area (Å²) in [6.07, 6.45) is 2.37. The van der Waals surface area contributed by atoms with Crippen LogP contribution >= 0.6 is 0 Å². The number of carbonyl (C=O) groups is 2. The van der Waals surface area contributed by atoms with E-state index in [4.69, 9.17) is 9.84 Å². The topological polar surface area (TPSA) is 113 Å². The first kappa shape index (κ1) is 27.8. The Morgan fingerprint density at radius 2 is 1.80 bits per heavy atom. The lowest BCUT2D eigenvalue weighted by Gasteiger charge is -2.25. The molecule has 0 unspecified atom stereocenters. The first-order valence-corrected chi connectivity index (χ1v) is 13.3. The third-order valence-electron chi connectivity index (χ3n) is 6.81. The molecule has 1 aliphatic heterocycles. The van der Waals surface area contributed by atoms with Gasteiger partial charge in [-0.25, -0.2) is 13.9 Å². The van der Waals surface area contributed by atoms with Crippen molar-refractivity contribution < 1.29 is 18.7 Å². The Labute approximate surface area is 237 Å². The van der Waals surface area contributed by atoms with Gasteiger partial charge in [0.05, 0.1) is 17.1 Å². The van der Waals surface area contributed by atoms with Gasteiger partial charge < -0.3 is 20.3 Å². The summed E-state index contributed by atoms with van der Waals surface area (Å²) in [6, 6.07) is 14.5. The number of aromatic nitrogens is 3. The highest BCUT2D eigenvalue weighted by Gasteiger charge is 2.19. The first-order chi connectivity index (χ1) is 19.7. The van der Waals surface area contributed by atoms with Crippen LogP contribution in [0.4, 0.5) is 20.7 Å². The van der Waals surface area contributed by atoms with E-state index in [2.05, 4.69) is 45.0 Å². The van der Waals surface area contributed by atoms with Crippen LogP contribution in [0.15, 0.2) is 60.8 Å². The number of nitrogens with zero attached hydrogens (tertiary/aromatic N) is 4. The zero-order valence-corrected chi connectivity index (χ0v) is 23.4. The molecule has 4 aromatic rings. The van der Waals surface area contributed by atoms with Crippen LogP contribution in [-0.4, -0.2) is 52.2 Å². The van der Waals surface area contributed by atoms with E-state index in [0.717, 1.165) is 37.0 Å². The summed E-state index contributed by atoms with van der Waals surface area (Å²) in [5.41, 5.74) is 4.36. The van der Waals surface area contributed by atoms with Crippen molar-refractivity contribution in [3.63, 3.8) is 0 Å². The van der Waals surface area contributed by atoms with Crippen LogP contribution in [0.1, 0.15) is 47.1 Å². The minimum atomic E-state index is -0.686. The van der Waals surface area contributed by atoms with E-state index in [1.807, 2.05) is 26.0 Å². The Kier molecular flexibility index (Phi) is 7.97. The van der Waals surface area contributed by atoms with Crippen molar-refractivity contribution in [1.82, 2.24) is 25.0 Å². The molecule has 0 fully saturated rings. The number of urea groups is 1. The van der Waals surface area contributed by atoms with Gasteiger partial charge in [0, 0.05) is 44.5 Å². The maximum Gasteiger partial charge on any atom is 0.324 e. The number of nitrogens with one attached hydrogen (secondary N) is 3. The Morgan fingerprint density at radius 3 is 2.56 bits per heavy atom. The molecule has 0 saturated carbocycles. The van der Waals surface area contributed by atoms with Crippen LogP contribution in [0.5, 0.6) is 11.5 Å². The fourth-order valence-corrected chi connectivity index (χ4v) is 4.57. The second-order valence-corrected chi connectivity index (χ2v) is 10.2. The van der Waals surface area contributed by atoms with Crippen LogP contribution in [-0.2, 0) is 13.0 Å². The van der Waals surface area contributed by atoms with Gasteiger partial charge in [0.15, 0.2) is 0 Å². The number of carbonyl (C=O) groups excluding carboxylic acids is 2. The van der Waals surface area contributed by atoms with Crippen LogP contribution in [0, 0.1) is 5.82 Å². The molecular weight excluding hydrogens is 525 g/mol. The van der Waals surface area contributed by atoms with Gasteiger partial charge in [0.2, 0.25) is 0 Å². The summed E-state index contributed by atoms with van der Waals surface area (Å²) in [5.74, 6) is 0.0800. The zero-order chi connectivity index (χ0) is 29.1. The summed E-state index contributed by atoms with van der Waals surface area (Å²) >= 11 is 0. The maximum atomic E-state index is 14.9. The molecule has 0 bridgehead atoms. The number of hydrogen-bond donors (Lipinski definition) is 3. The molecule has 0 atom stereocenters. The monoisotopic (exact) mass is 557 g/mol. The Balaban J connectivity index is 1.31. The van der Waals surface area contributed by atoms with Gasteiger partial charge in [-0.3, -0.25) is 15.1 Å². The average molecular weight is 558 g/mol. The second-order valence-electron chi connectivity index (χ2n) is 10.2. The van der Waals surface area contributed by atoms with Crippen molar-refractivity contribution >= 4 is 23.4 Å². The van der Waals surface area contributed by atoms with Crippen molar-refractivity contribution in [2.45, 2.75) is 32.7 Å². The number of rotatable bonds is 7. The molecule has 0 spiro atoms. The third-order valence-corrected chi connectivity index (χ3v) is 6.81. The van der Waals surface area contributed by atoms with E-state index < -0.39 is 11.8 Å². The summed E-state index contributed by atoms with van der Waals surface area (Å²) < 4.78 is 22.3. The highest BCUT2D eigenvalue weighted by atomic mass is 19.1. The molecule has 1 aliphatic rings. The SMILES string of the molecule is CNC(=O)c1cc(Oc2ccc(NC(=O)Nc3cc(C(C)C)nn3-c3ccc4c(c3)CCN(C)C4)c(F)c2)ccn1. The molecule has 212 valence electrons. The number of likely N-dealkylation sites (N-methyl/N-ethyl adjacent to an activating group) is 1. The van der Waals surface area contributed by atoms with Crippen molar-refractivity contribution in [2.24, 2.45) is 0 Å². The number of amides is 3. The largest absolute Gasteiger partial charge is 0.457 e. The van der Waals surface area contributed by atoms with Gasteiger partial charge in [-0.15, -0.1) is 0 Å². The lowest BCUT2D eigenvalue weighted by molar-refractivity contribution is 0.0957. The number of hydrogen-bond acceptors (Lipinski definition) is 6. The zero-order valence-electron chi connectivity index (χ0n) is 23.4. The van der Waals surface area contributed by atoms with Crippen molar-refractivity contribution in [3.8, 4) is 17.2 Å². The smallest absolute Gasteiger partial charge is 0.324 e. The summed E-state index contributed by atoms with van der Waals surface area (Å²) in [7, 11) is 3.60. The normalized spacial score (nSPS) is 13.0. The van der Waals surface area contributed by atoms with E-state index in [0.29, 0.717) is 11.6 Å². The summed E-state index contributed by atoms with van der Waals surface area (Å²) in [6.45, 7) is 5.94. The number of benzene rings is 2. The molecule has 11 heteroatoms. The standard InChI is InChI=1S/C30H32FN7O3/c1-18(2)26-16-28(38(36-26)21-6-5-20-17-37(4)12-10-19(20)13-21)35-30(40)34-25-8-7-22(14-24(25)31)41-23-9-11-33-27(15-23)29(39)32-3/h5-9,11,13-16,18H,10,12,17H2,1-4H3,(H,32,39)(H2,34,35,40). The predicted molar refractivity (Wildman–Crippen MR) is 154 cm³/mol. The fraction of sp³-hybridized carbons (Fsp3) is 0.267. The minimum absolute atomic E-state index is 0.0244. The minimum Gasteiger partial charge on any atom is -0.457 e. The van der Waals surface area contributed by atoms with Gasteiger partial charge in [0.1, 0.15) is 28.8 Å². The van der Waals surface area contributed by atoms with E-state index in [1.165, 1.54) is 42.6 Å². The molecule has 10 nitrogen and oxygen atoms in total. The molecule has 5 rings (SSSR count). The number of anilines is 2. The molecule has 2 aromatic heterocycles. The number of pyridine rings is 1. The lowest BCUT2D eigenvalue weighted by Crippen LogP contribution is -2.26. The second kappa shape index (κ2) is 11.8. The van der Waals surface area contributed by atoms with Gasteiger partial charge in [0.25, 0.3) is 5.91 Å². The lowest BCUT2D eigenvalue weighted by atomic mass is 9.99. The Bertz CT molecular complexity index is 1600. The highest BCUT2D eigenvalue weighted by molar-refractivity contribution is 5.99. The van der Waals surface area contributed by atoms with Crippen molar-refractivity contribution in [1.29, 1.82) is 0 Å². The molecule has 41 heavy (non-hydrogen) atoms. The third kappa shape index (κ3) is 6.36. The molecule has 3 N–H and O–H groups in total. The fourth-order valence-electron chi connectivity index (χ4n) is 4.57. The molecule has 0 radical (unpaired) electrons. The molecule has 3 heterocycles. The van der Waals surface area contributed by atoms with Gasteiger partial charge in [-0.05, 0) is 60.8 Å². The first-order valence-electron chi connectivity index (χ1n) is 13.3. The summed E-state index contributed by atoms with van der Waals surface area (Å²) in [4.78, 5) is 31.0. The van der Waals surface area contributed by atoms with Crippen LogP contribution in [0.25, 0.3) is 5.69 Å². The number of fused-ring (bicyclic) bond motifs is 1. The quantitative estimate of drug-likeness (QED) is 0.284. The van der Waals surface area contributed by atoms with Crippen LogP contribution in [0.2, 0.25) is 0 Å². The number of ether oxygens (including phenoxy) is 1. The molecule has 0 saturated heterocycles. The van der Waals surface area contributed by atoms with Gasteiger partial charge in [-0.1, -0.05) is 19.9 Å². The molecular formula is C30H32FN7O3. The molecule has 3 amide bonds. The van der Waals surface area contributed by atoms with Gasteiger partial charge in [-0.2, -0.15) is 5.10 Å². The van der Waals surface area contributed by atoms with E-state index >= 15 is 0 Å². The number of halogens is 1. The van der Waals surface area contributed by atoms with Gasteiger partial charge >= 0.3 is 6.03 Å². The van der Waals surface area contributed by atoms with E-state index in [-0.39, 0.29) is 29.0 Å². The molecule has 2 aromatic carbocycles. The van der Waals surface area contributed by atoms with Crippen LogP contribution < -0.4 is 20.7 Å². The Morgan fingerprint density at radius 1 is 1.00 bits per heavy atom. The highest BCUT2D eigenvalue weighted by Crippen LogP contribution is 2.28. The van der Waals surface area contributed by atoms with Crippen molar-refractivity contribution in [3.05, 3.63) is 89.1 Å². The van der Waals surface area contributed by atoms with Crippen LogP contribution in [0.3, 0.4) is 0 Å².